The largest absolute Gasteiger partial charge is 0.299 e. The third-order valence-corrected chi connectivity index (χ3v) is 2.86. The van der Waals surface area contributed by atoms with Crippen LogP contribution < -0.4 is 0 Å². The molecule has 0 radical (unpaired) electrons. The predicted molar refractivity (Wildman–Crippen MR) is 53.9 cm³/mol. The van der Waals surface area contributed by atoms with Crippen molar-refractivity contribution in [2.75, 3.05) is 13.6 Å². The molecule has 1 atom stereocenters. The van der Waals surface area contributed by atoms with E-state index in [2.05, 4.69) is 23.0 Å². The van der Waals surface area contributed by atoms with E-state index in [9.17, 15) is 0 Å². The molecule has 70 valence electrons. The van der Waals surface area contributed by atoms with Crippen molar-refractivity contribution in [3.05, 3.63) is 29.0 Å². The van der Waals surface area contributed by atoms with Crippen LogP contribution in [0.5, 0.6) is 0 Å². The number of pyridine rings is 1. The number of rotatable bonds is 1. The highest BCUT2D eigenvalue weighted by atomic mass is 35.5. The number of hydrogen-bond acceptors (Lipinski definition) is 2. The first kappa shape index (κ1) is 8.97. The van der Waals surface area contributed by atoms with Crippen molar-refractivity contribution in [3.8, 4) is 0 Å². The SMILES string of the molecule is CN1CCC[C@@H]1c1ccnc(Cl)c1. The van der Waals surface area contributed by atoms with E-state index in [1.165, 1.54) is 24.9 Å². The maximum atomic E-state index is 5.84. The second-order valence-electron chi connectivity index (χ2n) is 3.55. The summed E-state index contributed by atoms with van der Waals surface area (Å²) in [5.41, 5.74) is 1.29. The molecule has 1 fully saturated rings. The molecule has 0 saturated carbocycles. The average Bonchev–Trinajstić information content (AvgIpc) is 2.51. The quantitative estimate of drug-likeness (QED) is 0.642. The molecule has 2 nitrogen and oxygen atoms in total. The van der Waals surface area contributed by atoms with Crippen LogP contribution in [0.4, 0.5) is 0 Å². The zero-order valence-corrected chi connectivity index (χ0v) is 8.46. The highest BCUT2D eigenvalue weighted by Gasteiger charge is 2.22. The van der Waals surface area contributed by atoms with Gasteiger partial charge in [0, 0.05) is 12.2 Å². The molecule has 0 spiro atoms. The van der Waals surface area contributed by atoms with Crippen molar-refractivity contribution in [2.24, 2.45) is 0 Å². The van der Waals surface area contributed by atoms with E-state index in [0.717, 1.165) is 0 Å². The standard InChI is InChI=1S/C10H13ClN2/c1-13-6-2-3-9(13)8-4-5-12-10(11)7-8/h4-5,7,9H,2-3,6H2,1H3/t9-/m1/s1. The summed E-state index contributed by atoms with van der Waals surface area (Å²) in [6.45, 7) is 1.19. The molecule has 0 amide bonds. The predicted octanol–water partition coefficient (Wildman–Crippen LogP) is 2.50. The molecule has 2 rings (SSSR count). The first-order valence-electron chi connectivity index (χ1n) is 4.59. The minimum atomic E-state index is 0.542. The lowest BCUT2D eigenvalue weighted by molar-refractivity contribution is 0.317. The molecule has 0 aliphatic carbocycles. The van der Waals surface area contributed by atoms with Crippen LogP contribution in [0, 0.1) is 0 Å². The maximum Gasteiger partial charge on any atom is 0.129 e. The molecule has 0 N–H and O–H groups in total. The Labute approximate surface area is 83.5 Å². The smallest absolute Gasteiger partial charge is 0.129 e. The summed E-state index contributed by atoms with van der Waals surface area (Å²) in [5, 5.41) is 0.595. The monoisotopic (exact) mass is 196 g/mol. The second-order valence-corrected chi connectivity index (χ2v) is 3.94. The fourth-order valence-corrected chi connectivity index (χ4v) is 2.14. The molecule has 3 heteroatoms. The lowest BCUT2D eigenvalue weighted by atomic mass is 10.1. The molecule has 0 bridgehead atoms. The second kappa shape index (κ2) is 3.64. The van der Waals surface area contributed by atoms with Crippen molar-refractivity contribution in [1.82, 2.24) is 9.88 Å². The molecule has 0 aromatic carbocycles. The molecular weight excluding hydrogens is 184 g/mol. The van der Waals surface area contributed by atoms with Gasteiger partial charge in [-0.15, -0.1) is 0 Å². The van der Waals surface area contributed by atoms with E-state index < -0.39 is 0 Å². The topological polar surface area (TPSA) is 16.1 Å². The summed E-state index contributed by atoms with van der Waals surface area (Å²) in [6.07, 6.45) is 4.29. The summed E-state index contributed by atoms with van der Waals surface area (Å²) in [6, 6.07) is 4.56. The fourth-order valence-electron chi connectivity index (χ4n) is 1.96. The summed E-state index contributed by atoms with van der Waals surface area (Å²) in [7, 11) is 2.16. The molecule has 2 heterocycles. The van der Waals surface area contributed by atoms with Crippen molar-refractivity contribution >= 4 is 11.6 Å². The minimum Gasteiger partial charge on any atom is -0.299 e. The Balaban J connectivity index is 2.24. The number of nitrogens with zero attached hydrogens (tertiary/aromatic N) is 2. The zero-order valence-electron chi connectivity index (χ0n) is 7.70. The molecule has 1 aliphatic rings. The van der Waals surface area contributed by atoms with Crippen molar-refractivity contribution in [2.45, 2.75) is 18.9 Å². The van der Waals surface area contributed by atoms with Crippen molar-refractivity contribution in [1.29, 1.82) is 0 Å². The molecule has 1 saturated heterocycles. The van der Waals surface area contributed by atoms with Crippen LogP contribution in [-0.2, 0) is 0 Å². The van der Waals surface area contributed by atoms with Gasteiger partial charge in [0.05, 0.1) is 0 Å². The third kappa shape index (κ3) is 1.84. The number of halogens is 1. The molecule has 1 aliphatic heterocycles. The minimum absolute atomic E-state index is 0.542. The average molecular weight is 197 g/mol. The fraction of sp³-hybridized carbons (Fsp3) is 0.500. The van der Waals surface area contributed by atoms with E-state index in [0.29, 0.717) is 11.2 Å². The Morgan fingerprint density at radius 2 is 2.46 bits per heavy atom. The van der Waals surface area contributed by atoms with Crippen LogP contribution in [0.15, 0.2) is 18.3 Å². The highest BCUT2D eigenvalue weighted by molar-refractivity contribution is 6.29. The zero-order chi connectivity index (χ0) is 9.26. The van der Waals surface area contributed by atoms with E-state index in [4.69, 9.17) is 11.6 Å². The van der Waals surface area contributed by atoms with E-state index in [-0.39, 0.29) is 0 Å². The Morgan fingerprint density at radius 3 is 3.08 bits per heavy atom. The van der Waals surface area contributed by atoms with Gasteiger partial charge in [-0.25, -0.2) is 4.98 Å². The van der Waals surface area contributed by atoms with Crippen LogP contribution in [-0.4, -0.2) is 23.5 Å². The lowest BCUT2D eigenvalue weighted by Crippen LogP contribution is -2.17. The van der Waals surface area contributed by atoms with Gasteiger partial charge in [-0.3, -0.25) is 4.90 Å². The summed E-state index contributed by atoms with van der Waals surface area (Å²) in [5.74, 6) is 0. The Morgan fingerprint density at radius 1 is 1.62 bits per heavy atom. The van der Waals surface area contributed by atoms with E-state index in [1.807, 2.05) is 6.07 Å². The van der Waals surface area contributed by atoms with Gasteiger partial charge in [-0.2, -0.15) is 0 Å². The third-order valence-electron chi connectivity index (χ3n) is 2.66. The Hall–Kier alpha value is -0.600. The number of aromatic nitrogens is 1. The normalized spacial score (nSPS) is 23.7. The van der Waals surface area contributed by atoms with Gasteiger partial charge in [-0.05, 0) is 44.1 Å². The summed E-state index contributed by atoms with van der Waals surface area (Å²) < 4.78 is 0. The van der Waals surface area contributed by atoms with Crippen LogP contribution in [0.1, 0.15) is 24.4 Å². The summed E-state index contributed by atoms with van der Waals surface area (Å²) in [4.78, 5) is 6.35. The first-order chi connectivity index (χ1) is 6.27. The molecular formula is C10H13ClN2. The lowest BCUT2D eigenvalue weighted by Gasteiger charge is -2.19. The van der Waals surface area contributed by atoms with E-state index >= 15 is 0 Å². The van der Waals surface area contributed by atoms with Crippen molar-refractivity contribution < 1.29 is 0 Å². The Bertz CT molecular complexity index is 301. The van der Waals surface area contributed by atoms with Gasteiger partial charge in [0.25, 0.3) is 0 Å². The molecule has 1 aromatic rings. The Kier molecular flexibility index (Phi) is 2.51. The molecule has 13 heavy (non-hydrogen) atoms. The van der Waals surface area contributed by atoms with Crippen LogP contribution in [0.2, 0.25) is 5.15 Å². The van der Waals surface area contributed by atoms with Gasteiger partial charge in [0.2, 0.25) is 0 Å². The van der Waals surface area contributed by atoms with Gasteiger partial charge in [0.15, 0.2) is 0 Å². The first-order valence-corrected chi connectivity index (χ1v) is 4.97. The van der Waals surface area contributed by atoms with Gasteiger partial charge < -0.3 is 0 Å². The molecule has 1 aromatic heterocycles. The molecule has 0 unspecified atom stereocenters. The summed E-state index contributed by atoms with van der Waals surface area (Å²) >= 11 is 5.84. The number of hydrogen-bond donors (Lipinski definition) is 0. The van der Waals surface area contributed by atoms with Crippen LogP contribution >= 0.6 is 11.6 Å². The van der Waals surface area contributed by atoms with Crippen LogP contribution in [0.25, 0.3) is 0 Å². The highest BCUT2D eigenvalue weighted by Crippen LogP contribution is 2.30. The number of likely N-dealkylation sites (tertiary alicyclic amines) is 1. The van der Waals surface area contributed by atoms with Gasteiger partial charge in [0.1, 0.15) is 5.15 Å². The van der Waals surface area contributed by atoms with Gasteiger partial charge in [-0.1, -0.05) is 11.6 Å². The van der Waals surface area contributed by atoms with E-state index in [1.54, 1.807) is 6.20 Å². The van der Waals surface area contributed by atoms with Gasteiger partial charge >= 0.3 is 0 Å². The van der Waals surface area contributed by atoms with Crippen molar-refractivity contribution in [3.63, 3.8) is 0 Å². The van der Waals surface area contributed by atoms with Crippen LogP contribution in [0.3, 0.4) is 0 Å². The maximum absolute atomic E-state index is 5.84.